The Kier molecular flexibility index (Phi) is 3.70. The maximum Gasteiger partial charge on any atom is 0.266 e. The molecule has 0 spiro atoms. The fourth-order valence-corrected chi connectivity index (χ4v) is 4.63. The van der Waals surface area contributed by atoms with Gasteiger partial charge in [0.2, 0.25) is 0 Å². The van der Waals surface area contributed by atoms with E-state index in [2.05, 4.69) is 37.0 Å². The summed E-state index contributed by atoms with van der Waals surface area (Å²) in [4.78, 5) is 24.3. The summed E-state index contributed by atoms with van der Waals surface area (Å²) in [7, 11) is 0. The van der Waals surface area contributed by atoms with Crippen LogP contribution < -0.4 is 0 Å². The van der Waals surface area contributed by atoms with E-state index in [0.717, 1.165) is 25.1 Å². The Balaban J connectivity index is 1.64. The van der Waals surface area contributed by atoms with Gasteiger partial charge in [0.05, 0.1) is 11.7 Å². The van der Waals surface area contributed by atoms with Gasteiger partial charge in [-0.1, -0.05) is 0 Å². The Hall–Kier alpha value is -2.06. The van der Waals surface area contributed by atoms with Crippen LogP contribution in [-0.4, -0.2) is 37.5 Å². The van der Waals surface area contributed by atoms with Gasteiger partial charge in [-0.2, -0.15) is 16.4 Å². The minimum Gasteiger partial charge on any atom is -0.331 e. The Labute approximate surface area is 141 Å². The summed E-state index contributed by atoms with van der Waals surface area (Å²) in [6.45, 7) is 2.67. The van der Waals surface area contributed by atoms with Gasteiger partial charge in [-0.25, -0.2) is 9.97 Å². The van der Waals surface area contributed by atoms with Crippen LogP contribution in [0.25, 0.3) is 10.8 Å². The average molecular weight is 345 g/mol. The molecule has 1 aliphatic rings. The molecule has 0 bridgehead atoms. The highest BCUT2D eigenvalue weighted by atomic mass is 32.1. The largest absolute Gasteiger partial charge is 0.331 e. The van der Waals surface area contributed by atoms with Crippen molar-refractivity contribution in [1.82, 2.24) is 25.1 Å². The number of aromatic amines is 1. The van der Waals surface area contributed by atoms with E-state index in [1.807, 2.05) is 11.8 Å². The van der Waals surface area contributed by atoms with Crippen molar-refractivity contribution in [3.8, 4) is 10.8 Å². The van der Waals surface area contributed by atoms with E-state index < -0.39 is 0 Å². The molecular formula is C15H15N5OS2. The average Bonchev–Trinajstić information content (AvgIpc) is 3.31. The van der Waals surface area contributed by atoms with Gasteiger partial charge >= 0.3 is 0 Å². The Morgan fingerprint density at radius 2 is 2.39 bits per heavy atom. The highest BCUT2D eigenvalue weighted by molar-refractivity contribution is 7.17. The fourth-order valence-electron chi connectivity index (χ4n) is 2.96. The molecule has 0 aromatic carbocycles. The summed E-state index contributed by atoms with van der Waals surface area (Å²) in [5.41, 5.74) is 1.99. The molecule has 4 rings (SSSR count). The lowest BCUT2D eigenvalue weighted by Crippen LogP contribution is -2.30. The highest BCUT2D eigenvalue weighted by Crippen LogP contribution is 2.36. The number of aryl methyl sites for hydroxylation is 1. The second-order valence-electron chi connectivity index (χ2n) is 5.48. The molecule has 3 aromatic rings. The molecule has 8 heteroatoms. The highest BCUT2D eigenvalue weighted by Gasteiger charge is 2.32. The zero-order chi connectivity index (χ0) is 15.8. The lowest BCUT2D eigenvalue weighted by molar-refractivity contribution is 0.0740. The van der Waals surface area contributed by atoms with Crippen LogP contribution >= 0.6 is 22.7 Å². The number of H-pyrrole nitrogens is 1. The van der Waals surface area contributed by atoms with E-state index in [9.17, 15) is 4.79 Å². The summed E-state index contributed by atoms with van der Waals surface area (Å²) in [5.74, 6) is 0.674. The number of aromatic nitrogens is 4. The van der Waals surface area contributed by atoms with Crippen molar-refractivity contribution in [3.05, 3.63) is 39.3 Å². The van der Waals surface area contributed by atoms with E-state index in [1.165, 1.54) is 23.2 Å². The number of amides is 1. The van der Waals surface area contributed by atoms with Gasteiger partial charge < -0.3 is 4.90 Å². The van der Waals surface area contributed by atoms with Crippen LogP contribution in [0.2, 0.25) is 0 Å². The van der Waals surface area contributed by atoms with Gasteiger partial charge in [0.25, 0.3) is 5.91 Å². The smallest absolute Gasteiger partial charge is 0.266 e. The number of thiazole rings is 1. The molecule has 1 saturated heterocycles. The summed E-state index contributed by atoms with van der Waals surface area (Å²) < 4.78 is 0. The number of carbonyl (C=O) groups excluding carboxylic acids is 1. The summed E-state index contributed by atoms with van der Waals surface area (Å²) in [6, 6.07) is 2.30. The first kappa shape index (κ1) is 14.5. The zero-order valence-corrected chi connectivity index (χ0v) is 14.2. The van der Waals surface area contributed by atoms with Gasteiger partial charge in [0, 0.05) is 6.54 Å². The van der Waals surface area contributed by atoms with Crippen molar-refractivity contribution in [2.24, 2.45) is 0 Å². The number of nitrogens with one attached hydrogen (secondary N) is 1. The van der Waals surface area contributed by atoms with Crippen molar-refractivity contribution < 1.29 is 4.79 Å². The SMILES string of the molecule is Cc1nc(-c2ncn[nH]2)sc1C(=O)N1CCC[C@H]1c1ccsc1. The third-order valence-corrected chi connectivity index (χ3v) is 5.90. The van der Waals surface area contributed by atoms with Crippen molar-refractivity contribution in [2.45, 2.75) is 25.8 Å². The molecule has 1 aliphatic heterocycles. The number of nitrogens with zero attached hydrogens (tertiary/aromatic N) is 4. The number of rotatable bonds is 3. The molecule has 0 unspecified atom stereocenters. The van der Waals surface area contributed by atoms with Crippen molar-refractivity contribution >= 4 is 28.6 Å². The van der Waals surface area contributed by atoms with E-state index in [0.29, 0.717) is 15.7 Å². The molecule has 118 valence electrons. The van der Waals surface area contributed by atoms with E-state index in [1.54, 1.807) is 11.3 Å². The van der Waals surface area contributed by atoms with Gasteiger partial charge in [0.1, 0.15) is 11.2 Å². The van der Waals surface area contributed by atoms with E-state index in [4.69, 9.17) is 0 Å². The maximum absolute atomic E-state index is 13.0. The molecule has 1 N–H and O–H groups in total. The van der Waals surface area contributed by atoms with Crippen LogP contribution in [-0.2, 0) is 0 Å². The zero-order valence-electron chi connectivity index (χ0n) is 12.5. The number of hydrogen-bond donors (Lipinski definition) is 1. The number of carbonyl (C=O) groups is 1. The molecule has 23 heavy (non-hydrogen) atoms. The number of thiophene rings is 1. The van der Waals surface area contributed by atoms with Gasteiger partial charge in [-0.05, 0) is 42.2 Å². The van der Waals surface area contributed by atoms with Crippen LogP contribution in [0, 0.1) is 6.92 Å². The van der Waals surface area contributed by atoms with Crippen molar-refractivity contribution in [3.63, 3.8) is 0 Å². The Morgan fingerprint density at radius 3 is 3.13 bits per heavy atom. The molecule has 0 aliphatic carbocycles. The maximum atomic E-state index is 13.0. The first-order valence-corrected chi connectivity index (χ1v) is 9.16. The van der Waals surface area contributed by atoms with Gasteiger partial charge in [-0.3, -0.25) is 9.89 Å². The van der Waals surface area contributed by atoms with Crippen LogP contribution in [0.3, 0.4) is 0 Å². The molecule has 0 saturated carbocycles. The second kappa shape index (κ2) is 5.86. The predicted molar refractivity (Wildman–Crippen MR) is 89.6 cm³/mol. The lowest BCUT2D eigenvalue weighted by Gasteiger charge is -2.23. The monoisotopic (exact) mass is 345 g/mol. The molecule has 0 radical (unpaired) electrons. The van der Waals surface area contributed by atoms with E-state index >= 15 is 0 Å². The van der Waals surface area contributed by atoms with Crippen LogP contribution in [0.15, 0.2) is 23.2 Å². The summed E-state index contributed by atoms with van der Waals surface area (Å²) >= 11 is 3.05. The summed E-state index contributed by atoms with van der Waals surface area (Å²) in [6.07, 6.45) is 3.51. The summed E-state index contributed by atoms with van der Waals surface area (Å²) in [5, 5.41) is 11.5. The lowest BCUT2D eigenvalue weighted by atomic mass is 10.1. The van der Waals surface area contributed by atoms with Crippen LogP contribution in [0.5, 0.6) is 0 Å². The molecule has 1 amide bonds. The predicted octanol–water partition coefficient (Wildman–Crippen LogP) is 3.28. The minimum atomic E-state index is 0.0689. The first-order chi connectivity index (χ1) is 11.2. The molecule has 1 atom stereocenters. The van der Waals surface area contributed by atoms with Crippen molar-refractivity contribution in [2.75, 3.05) is 6.54 Å². The number of likely N-dealkylation sites (tertiary alicyclic amines) is 1. The topological polar surface area (TPSA) is 74.8 Å². The fraction of sp³-hybridized carbons (Fsp3) is 0.333. The van der Waals surface area contributed by atoms with Crippen LogP contribution in [0.4, 0.5) is 0 Å². The quantitative estimate of drug-likeness (QED) is 0.790. The molecular weight excluding hydrogens is 330 g/mol. The Morgan fingerprint density at radius 1 is 1.48 bits per heavy atom. The molecule has 3 aromatic heterocycles. The van der Waals surface area contributed by atoms with Crippen molar-refractivity contribution in [1.29, 1.82) is 0 Å². The standard InChI is InChI=1S/C15H15N5OS2/c1-9-12(23-14(18-9)13-16-8-17-19-13)15(21)20-5-2-3-11(20)10-4-6-22-7-10/h4,6-8,11H,2-3,5H2,1H3,(H,16,17,19)/t11-/m0/s1. The third-order valence-electron chi connectivity index (χ3n) is 4.05. The first-order valence-electron chi connectivity index (χ1n) is 7.40. The van der Waals surface area contributed by atoms with E-state index in [-0.39, 0.29) is 11.9 Å². The third kappa shape index (κ3) is 2.57. The molecule has 6 nitrogen and oxygen atoms in total. The molecule has 1 fully saturated rings. The minimum absolute atomic E-state index is 0.0689. The van der Waals surface area contributed by atoms with Gasteiger partial charge in [-0.15, -0.1) is 11.3 Å². The molecule has 4 heterocycles. The Bertz CT molecular complexity index is 809. The van der Waals surface area contributed by atoms with Gasteiger partial charge in [0.15, 0.2) is 10.8 Å². The van der Waals surface area contributed by atoms with Crippen LogP contribution in [0.1, 0.15) is 39.8 Å². The number of hydrogen-bond acceptors (Lipinski definition) is 6. The normalized spacial score (nSPS) is 17.8. The second-order valence-corrected chi connectivity index (χ2v) is 7.26.